The largest absolute Gasteiger partial charge is 0.469 e. The number of halogens is 2. The second-order valence-electron chi connectivity index (χ2n) is 6.05. The van der Waals surface area contributed by atoms with Gasteiger partial charge >= 0.3 is 5.97 Å². The molecule has 5 heteroatoms. The lowest BCUT2D eigenvalue weighted by Crippen LogP contribution is -2.00. The third-order valence-corrected chi connectivity index (χ3v) is 5.42. The van der Waals surface area contributed by atoms with Crippen LogP contribution in [-0.4, -0.2) is 17.6 Å². The number of carbonyl (C=O) groups is 1. The summed E-state index contributed by atoms with van der Waals surface area (Å²) < 4.78 is 8.13. The van der Waals surface area contributed by atoms with Crippen molar-refractivity contribution in [2.75, 3.05) is 7.11 Å². The smallest absolute Gasteiger partial charge is 0.305 e. The molecule has 0 aliphatic carbocycles. The summed E-state index contributed by atoms with van der Waals surface area (Å²) in [6, 6.07) is 12.5. The third-order valence-electron chi connectivity index (χ3n) is 4.32. The maximum atomic E-state index is 11.4. The summed E-state index contributed by atoms with van der Waals surface area (Å²) >= 11 is 8.50. The van der Waals surface area contributed by atoms with Crippen molar-refractivity contribution in [1.82, 2.24) is 4.57 Å². The van der Waals surface area contributed by atoms with Gasteiger partial charge in [0.05, 0.1) is 12.6 Å². The van der Waals surface area contributed by atoms with Crippen molar-refractivity contribution >= 4 is 51.1 Å². The molecule has 1 aromatic heterocycles. The van der Waals surface area contributed by atoms with Gasteiger partial charge < -0.3 is 9.30 Å². The molecule has 3 nitrogen and oxygen atoms in total. The minimum atomic E-state index is -0.161. The molecule has 0 amide bonds. The van der Waals surface area contributed by atoms with Crippen molar-refractivity contribution in [2.45, 2.75) is 26.2 Å². The molecule has 2 aromatic carbocycles. The number of fused-ring (bicyclic) bond motifs is 1. The summed E-state index contributed by atoms with van der Waals surface area (Å²) in [4.78, 5) is 11.4. The Morgan fingerprint density at radius 2 is 2.04 bits per heavy atom. The fourth-order valence-corrected chi connectivity index (χ4v) is 3.60. The Labute approximate surface area is 166 Å². The lowest BCUT2D eigenvalue weighted by molar-refractivity contribution is -0.140. The number of rotatable bonds is 5. The van der Waals surface area contributed by atoms with Crippen LogP contribution in [0.2, 0.25) is 5.02 Å². The highest BCUT2D eigenvalue weighted by Gasteiger charge is 2.12. The van der Waals surface area contributed by atoms with Gasteiger partial charge in [-0.05, 0) is 89.9 Å². The summed E-state index contributed by atoms with van der Waals surface area (Å²) in [5.74, 6) is -0.161. The molecule has 0 bridgehead atoms. The summed E-state index contributed by atoms with van der Waals surface area (Å²) in [7, 11) is 1.43. The molecular weight excluding hydrogens is 449 g/mol. The Morgan fingerprint density at radius 3 is 2.76 bits per heavy atom. The van der Waals surface area contributed by atoms with Gasteiger partial charge in [0.2, 0.25) is 0 Å². The van der Waals surface area contributed by atoms with E-state index in [0.29, 0.717) is 6.42 Å². The van der Waals surface area contributed by atoms with Crippen molar-refractivity contribution < 1.29 is 9.53 Å². The number of esters is 1. The van der Waals surface area contributed by atoms with E-state index in [2.05, 4.69) is 57.6 Å². The van der Waals surface area contributed by atoms with Gasteiger partial charge in [-0.25, -0.2) is 0 Å². The van der Waals surface area contributed by atoms with Crippen LogP contribution in [0.5, 0.6) is 0 Å². The Balaban J connectivity index is 2.01. The van der Waals surface area contributed by atoms with Gasteiger partial charge in [0.1, 0.15) is 0 Å². The number of ether oxygens (including phenoxy) is 1. The maximum Gasteiger partial charge on any atom is 0.305 e. The fourth-order valence-electron chi connectivity index (χ4n) is 2.99. The van der Waals surface area contributed by atoms with Crippen molar-refractivity contribution in [1.29, 1.82) is 0 Å². The summed E-state index contributed by atoms with van der Waals surface area (Å²) in [6.07, 6.45) is 4.22. The van der Waals surface area contributed by atoms with Crippen molar-refractivity contribution in [3.8, 4) is 5.69 Å². The van der Waals surface area contributed by atoms with Gasteiger partial charge in [-0.15, -0.1) is 0 Å². The lowest BCUT2D eigenvalue weighted by Gasteiger charge is -2.07. The molecule has 3 rings (SSSR count). The molecule has 0 N–H and O–H groups in total. The van der Waals surface area contributed by atoms with Crippen LogP contribution in [0.4, 0.5) is 0 Å². The van der Waals surface area contributed by atoms with E-state index in [4.69, 9.17) is 16.3 Å². The zero-order valence-corrected chi connectivity index (χ0v) is 17.1. The average molecular weight is 468 g/mol. The van der Waals surface area contributed by atoms with E-state index in [1.165, 1.54) is 21.6 Å². The van der Waals surface area contributed by atoms with Crippen LogP contribution in [0.25, 0.3) is 16.6 Å². The highest BCUT2D eigenvalue weighted by Crippen LogP contribution is 2.29. The van der Waals surface area contributed by atoms with Crippen LogP contribution in [0.3, 0.4) is 0 Å². The second-order valence-corrected chi connectivity index (χ2v) is 7.70. The molecule has 1 heterocycles. The first-order chi connectivity index (χ1) is 12.0. The molecule has 0 atom stereocenters. The number of nitrogens with zero attached hydrogens (tertiary/aromatic N) is 1. The predicted molar refractivity (Wildman–Crippen MR) is 111 cm³/mol. The molecule has 0 saturated carbocycles. The van der Waals surface area contributed by atoms with Crippen LogP contribution < -0.4 is 0 Å². The molecule has 0 aliphatic rings. The summed E-state index contributed by atoms with van der Waals surface area (Å²) in [6.45, 7) is 2.01. The molecule has 0 radical (unpaired) electrons. The lowest BCUT2D eigenvalue weighted by atomic mass is 10.1. The van der Waals surface area contributed by atoms with E-state index in [1.54, 1.807) is 0 Å². The van der Waals surface area contributed by atoms with Gasteiger partial charge in [0, 0.05) is 32.3 Å². The van der Waals surface area contributed by atoms with Crippen molar-refractivity contribution in [3.05, 3.63) is 62.3 Å². The minimum absolute atomic E-state index is 0.161. The Kier molecular flexibility index (Phi) is 5.69. The highest BCUT2D eigenvalue weighted by atomic mass is 127. The van der Waals surface area contributed by atoms with Gasteiger partial charge in [0.25, 0.3) is 0 Å². The predicted octanol–water partition coefficient (Wildman–Crippen LogP) is 5.69. The first-order valence-corrected chi connectivity index (χ1v) is 9.58. The Bertz CT molecular complexity index is 933. The maximum absolute atomic E-state index is 11.4. The number of aromatic nitrogens is 1. The number of hydrogen-bond donors (Lipinski definition) is 0. The van der Waals surface area contributed by atoms with Crippen LogP contribution in [-0.2, 0) is 16.0 Å². The first kappa shape index (κ1) is 18.3. The van der Waals surface area contributed by atoms with Crippen molar-refractivity contribution in [3.63, 3.8) is 0 Å². The minimum Gasteiger partial charge on any atom is -0.469 e. The summed E-state index contributed by atoms with van der Waals surface area (Å²) in [5, 5.41) is 2.00. The second kappa shape index (κ2) is 7.79. The van der Waals surface area contributed by atoms with E-state index in [1.807, 2.05) is 19.1 Å². The quantitative estimate of drug-likeness (QED) is 0.356. The molecule has 25 heavy (non-hydrogen) atoms. The SMILES string of the molecule is COC(=O)CCCc1cn(-c2ccc(Cl)c(C)c2)c2ccc(I)cc12. The molecule has 0 spiro atoms. The monoisotopic (exact) mass is 467 g/mol. The van der Waals surface area contributed by atoms with Gasteiger partial charge in [0.15, 0.2) is 0 Å². The van der Waals surface area contributed by atoms with E-state index in [-0.39, 0.29) is 5.97 Å². The number of aryl methyl sites for hydroxylation is 2. The first-order valence-electron chi connectivity index (χ1n) is 8.12. The van der Waals surface area contributed by atoms with E-state index < -0.39 is 0 Å². The molecule has 0 unspecified atom stereocenters. The van der Waals surface area contributed by atoms with Gasteiger partial charge in [-0.2, -0.15) is 0 Å². The van der Waals surface area contributed by atoms with Crippen LogP contribution in [0.15, 0.2) is 42.6 Å². The number of carbonyl (C=O) groups excluding carboxylic acids is 1. The number of benzene rings is 2. The molecule has 130 valence electrons. The van der Waals surface area contributed by atoms with E-state index in [0.717, 1.165) is 34.6 Å². The Hall–Kier alpha value is -1.53. The van der Waals surface area contributed by atoms with Crippen molar-refractivity contribution in [2.24, 2.45) is 0 Å². The van der Waals surface area contributed by atoms with Crippen LogP contribution in [0.1, 0.15) is 24.0 Å². The zero-order valence-electron chi connectivity index (χ0n) is 14.2. The Morgan fingerprint density at radius 1 is 1.24 bits per heavy atom. The highest BCUT2D eigenvalue weighted by molar-refractivity contribution is 14.1. The summed E-state index contributed by atoms with van der Waals surface area (Å²) in [5.41, 5.74) is 4.55. The molecule has 0 aliphatic heterocycles. The normalized spacial score (nSPS) is 11.0. The van der Waals surface area contributed by atoms with Gasteiger partial charge in [-0.1, -0.05) is 11.6 Å². The van der Waals surface area contributed by atoms with Crippen LogP contribution in [0, 0.1) is 10.5 Å². The van der Waals surface area contributed by atoms with Crippen LogP contribution >= 0.6 is 34.2 Å². The fraction of sp³-hybridized carbons (Fsp3) is 0.250. The third kappa shape index (κ3) is 4.01. The molecule has 3 aromatic rings. The van der Waals surface area contributed by atoms with Gasteiger partial charge in [-0.3, -0.25) is 4.79 Å². The standard InChI is InChI=1S/C20H19ClINO2/c1-13-10-16(7-8-18(13)21)23-12-14(4-3-5-20(24)25-2)17-11-15(22)6-9-19(17)23/h6-12H,3-5H2,1-2H3. The number of methoxy groups -OCH3 is 1. The molecular formula is C20H19ClINO2. The molecule has 0 fully saturated rings. The number of hydrogen-bond acceptors (Lipinski definition) is 2. The van der Waals surface area contributed by atoms with E-state index in [9.17, 15) is 4.79 Å². The van der Waals surface area contributed by atoms with E-state index >= 15 is 0 Å². The molecule has 0 saturated heterocycles. The topological polar surface area (TPSA) is 31.2 Å². The zero-order chi connectivity index (χ0) is 18.0. The average Bonchev–Trinajstić information content (AvgIpc) is 2.95.